The SMILES string of the molecule is CCOc1ccc(-c2cc([C@H]3OC(CO)C(O)C(O)C3O)ccc2Cl)cc1. The van der Waals surface area contributed by atoms with E-state index in [1.807, 2.05) is 31.2 Å². The fraction of sp³-hybridized carbons (Fsp3) is 0.400. The zero-order chi connectivity index (χ0) is 19.6. The maximum Gasteiger partial charge on any atom is 0.119 e. The van der Waals surface area contributed by atoms with Gasteiger partial charge in [-0.15, -0.1) is 0 Å². The summed E-state index contributed by atoms with van der Waals surface area (Å²) in [6, 6.07) is 12.6. The summed E-state index contributed by atoms with van der Waals surface area (Å²) in [4.78, 5) is 0. The monoisotopic (exact) mass is 394 g/mol. The van der Waals surface area contributed by atoms with Gasteiger partial charge in [0.1, 0.15) is 36.3 Å². The van der Waals surface area contributed by atoms with Gasteiger partial charge < -0.3 is 29.9 Å². The van der Waals surface area contributed by atoms with Crippen molar-refractivity contribution >= 4 is 11.6 Å². The van der Waals surface area contributed by atoms with E-state index < -0.39 is 37.1 Å². The normalized spacial score (nSPS) is 28.1. The quantitative estimate of drug-likeness (QED) is 0.618. The van der Waals surface area contributed by atoms with E-state index >= 15 is 0 Å². The minimum Gasteiger partial charge on any atom is -0.494 e. The van der Waals surface area contributed by atoms with Gasteiger partial charge in [0.25, 0.3) is 0 Å². The van der Waals surface area contributed by atoms with Crippen molar-refractivity contribution in [2.75, 3.05) is 13.2 Å². The van der Waals surface area contributed by atoms with Crippen LogP contribution in [0.4, 0.5) is 0 Å². The smallest absolute Gasteiger partial charge is 0.119 e. The number of hydrogen-bond acceptors (Lipinski definition) is 6. The van der Waals surface area contributed by atoms with Gasteiger partial charge in [-0.3, -0.25) is 0 Å². The van der Waals surface area contributed by atoms with Crippen molar-refractivity contribution in [3.8, 4) is 16.9 Å². The number of benzene rings is 2. The highest BCUT2D eigenvalue weighted by Crippen LogP contribution is 2.37. The molecule has 6 nitrogen and oxygen atoms in total. The summed E-state index contributed by atoms with van der Waals surface area (Å²) < 4.78 is 11.1. The van der Waals surface area contributed by atoms with Crippen molar-refractivity contribution in [1.82, 2.24) is 0 Å². The molecule has 146 valence electrons. The molecule has 1 aliphatic rings. The van der Waals surface area contributed by atoms with E-state index in [4.69, 9.17) is 21.1 Å². The first-order valence-electron chi connectivity index (χ1n) is 8.79. The molecule has 3 rings (SSSR count). The van der Waals surface area contributed by atoms with Gasteiger partial charge in [-0.05, 0) is 42.3 Å². The van der Waals surface area contributed by atoms with Gasteiger partial charge in [-0.1, -0.05) is 29.8 Å². The molecule has 0 aromatic heterocycles. The molecule has 27 heavy (non-hydrogen) atoms. The van der Waals surface area contributed by atoms with Crippen LogP contribution in [0, 0.1) is 0 Å². The van der Waals surface area contributed by atoms with Crippen LogP contribution >= 0.6 is 11.6 Å². The molecule has 1 aliphatic heterocycles. The average Bonchev–Trinajstić information content (AvgIpc) is 2.68. The van der Waals surface area contributed by atoms with Crippen LogP contribution in [0.2, 0.25) is 5.02 Å². The third kappa shape index (κ3) is 4.11. The van der Waals surface area contributed by atoms with E-state index in [9.17, 15) is 20.4 Å². The van der Waals surface area contributed by atoms with Crippen LogP contribution in [0.3, 0.4) is 0 Å². The first kappa shape index (κ1) is 20.1. The van der Waals surface area contributed by atoms with Gasteiger partial charge in [0.05, 0.1) is 13.2 Å². The van der Waals surface area contributed by atoms with Gasteiger partial charge in [-0.25, -0.2) is 0 Å². The Morgan fingerprint density at radius 3 is 2.33 bits per heavy atom. The van der Waals surface area contributed by atoms with Crippen LogP contribution in [-0.4, -0.2) is 58.1 Å². The van der Waals surface area contributed by atoms with Gasteiger partial charge in [0.2, 0.25) is 0 Å². The second-order valence-corrected chi connectivity index (χ2v) is 6.85. The lowest BCUT2D eigenvalue weighted by atomic mass is 9.90. The topological polar surface area (TPSA) is 99.4 Å². The van der Waals surface area contributed by atoms with E-state index in [-0.39, 0.29) is 0 Å². The Hall–Kier alpha value is -1.67. The summed E-state index contributed by atoms with van der Waals surface area (Å²) in [7, 11) is 0. The molecule has 0 spiro atoms. The Labute approximate surface area is 162 Å². The first-order valence-corrected chi connectivity index (χ1v) is 9.17. The fourth-order valence-corrected chi connectivity index (χ4v) is 3.44. The zero-order valence-electron chi connectivity index (χ0n) is 14.8. The average molecular weight is 395 g/mol. The predicted octanol–water partition coefficient (Wildman–Crippen LogP) is 1.92. The molecule has 0 bridgehead atoms. The third-order valence-corrected chi connectivity index (χ3v) is 5.02. The molecule has 7 heteroatoms. The van der Waals surface area contributed by atoms with Crippen molar-refractivity contribution < 1.29 is 29.9 Å². The van der Waals surface area contributed by atoms with E-state index in [0.29, 0.717) is 17.2 Å². The Balaban J connectivity index is 1.92. The van der Waals surface area contributed by atoms with Crippen LogP contribution in [0.5, 0.6) is 5.75 Å². The molecule has 0 amide bonds. The molecular formula is C20H23ClO6. The third-order valence-electron chi connectivity index (χ3n) is 4.69. The van der Waals surface area contributed by atoms with Crippen molar-refractivity contribution in [2.45, 2.75) is 37.4 Å². The molecule has 1 saturated heterocycles. The van der Waals surface area contributed by atoms with Gasteiger partial charge >= 0.3 is 0 Å². The molecule has 2 aromatic carbocycles. The highest BCUT2D eigenvalue weighted by atomic mass is 35.5. The minimum absolute atomic E-state index is 0.471. The van der Waals surface area contributed by atoms with Crippen LogP contribution in [0.1, 0.15) is 18.6 Å². The molecule has 0 saturated carbocycles. The van der Waals surface area contributed by atoms with E-state index in [1.165, 1.54) is 0 Å². The number of rotatable bonds is 5. The number of hydrogen-bond donors (Lipinski definition) is 4. The summed E-state index contributed by atoms with van der Waals surface area (Å²) in [5.41, 5.74) is 2.17. The second kappa shape index (κ2) is 8.56. The van der Waals surface area contributed by atoms with E-state index in [2.05, 4.69) is 0 Å². The fourth-order valence-electron chi connectivity index (χ4n) is 3.22. The lowest BCUT2D eigenvalue weighted by molar-refractivity contribution is -0.231. The van der Waals surface area contributed by atoms with Crippen molar-refractivity contribution in [3.63, 3.8) is 0 Å². The second-order valence-electron chi connectivity index (χ2n) is 6.45. The molecule has 2 aromatic rings. The molecule has 5 atom stereocenters. The summed E-state index contributed by atoms with van der Waals surface area (Å²) in [6.45, 7) is 2.02. The zero-order valence-corrected chi connectivity index (χ0v) is 15.6. The largest absolute Gasteiger partial charge is 0.494 e. The predicted molar refractivity (Wildman–Crippen MR) is 101 cm³/mol. The molecule has 1 heterocycles. The van der Waals surface area contributed by atoms with Crippen molar-refractivity contribution in [2.24, 2.45) is 0 Å². The minimum atomic E-state index is -1.43. The number of aliphatic hydroxyl groups is 4. The number of aliphatic hydroxyl groups excluding tert-OH is 4. The van der Waals surface area contributed by atoms with Crippen LogP contribution < -0.4 is 4.74 Å². The molecule has 0 aliphatic carbocycles. The Morgan fingerprint density at radius 1 is 1.00 bits per heavy atom. The van der Waals surface area contributed by atoms with E-state index in [1.54, 1.807) is 18.2 Å². The molecular weight excluding hydrogens is 372 g/mol. The Bertz CT molecular complexity index is 764. The van der Waals surface area contributed by atoms with Crippen LogP contribution in [0.25, 0.3) is 11.1 Å². The summed E-state index contributed by atoms with van der Waals surface area (Å²) in [5, 5.41) is 40.2. The van der Waals surface area contributed by atoms with Crippen LogP contribution in [-0.2, 0) is 4.74 Å². The Morgan fingerprint density at radius 2 is 1.70 bits per heavy atom. The summed E-state index contributed by atoms with van der Waals surface area (Å²) in [6.07, 6.45) is -6.01. The molecule has 4 N–H and O–H groups in total. The maximum atomic E-state index is 10.3. The number of halogens is 1. The molecule has 0 radical (unpaired) electrons. The van der Waals surface area contributed by atoms with Crippen molar-refractivity contribution in [3.05, 3.63) is 53.1 Å². The van der Waals surface area contributed by atoms with Gasteiger partial charge in [0.15, 0.2) is 0 Å². The summed E-state index contributed by atoms with van der Waals surface area (Å²) >= 11 is 6.35. The standard InChI is InChI=1S/C20H23ClO6/c1-2-26-13-6-3-11(4-7-13)14-9-12(5-8-15(14)21)20-19(25)18(24)17(23)16(10-22)27-20/h3-9,16-20,22-25H,2,10H2,1H3/t16?,17?,18?,19?,20-/m1/s1. The maximum absolute atomic E-state index is 10.3. The van der Waals surface area contributed by atoms with Gasteiger partial charge in [0, 0.05) is 10.6 Å². The molecule has 4 unspecified atom stereocenters. The lowest BCUT2D eigenvalue weighted by Gasteiger charge is -2.40. The number of ether oxygens (including phenoxy) is 2. The highest BCUT2D eigenvalue weighted by Gasteiger charge is 2.44. The summed E-state index contributed by atoms with van der Waals surface area (Å²) in [5.74, 6) is 0.752. The first-order chi connectivity index (χ1) is 13.0. The van der Waals surface area contributed by atoms with Crippen molar-refractivity contribution in [1.29, 1.82) is 0 Å². The molecule has 1 fully saturated rings. The Kier molecular flexibility index (Phi) is 6.37. The highest BCUT2D eigenvalue weighted by molar-refractivity contribution is 6.33. The van der Waals surface area contributed by atoms with E-state index in [0.717, 1.165) is 16.9 Å². The van der Waals surface area contributed by atoms with Gasteiger partial charge in [-0.2, -0.15) is 0 Å². The lowest BCUT2D eigenvalue weighted by Crippen LogP contribution is -2.55. The van der Waals surface area contributed by atoms with Crippen LogP contribution in [0.15, 0.2) is 42.5 Å².